The molecule has 8 nitrogen and oxygen atoms in total. The van der Waals surface area contributed by atoms with Crippen LogP contribution >= 0.6 is 11.8 Å². The van der Waals surface area contributed by atoms with Gasteiger partial charge in [0.1, 0.15) is 5.76 Å². The molecule has 0 spiro atoms. The summed E-state index contributed by atoms with van der Waals surface area (Å²) >= 11 is 0.546. The number of nitrogens with one attached hydrogen (secondary N) is 1. The Hall–Kier alpha value is -2.64. The first kappa shape index (κ1) is 27.4. The molecular weight excluding hydrogens is 527 g/mol. The number of halogens is 3. The van der Waals surface area contributed by atoms with Crippen molar-refractivity contribution in [3.63, 3.8) is 0 Å². The quantitative estimate of drug-likeness (QED) is 0.318. The molecular formula is C24H28F3N5O3S2. The lowest BCUT2D eigenvalue weighted by molar-refractivity contribution is -0.105. The summed E-state index contributed by atoms with van der Waals surface area (Å²) in [7, 11) is -3.89. The first-order valence-electron chi connectivity index (χ1n) is 11.6. The van der Waals surface area contributed by atoms with E-state index in [0.29, 0.717) is 36.2 Å². The van der Waals surface area contributed by atoms with E-state index < -0.39 is 22.0 Å². The predicted octanol–water partition coefficient (Wildman–Crippen LogP) is 5.08. The number of aromatic nitrogens is 3. The van der Waals surface area contributed by atoms with E-state index in [1.165, 1.54) is 12.4 Å². The van der Waals surface area contributed by atoms with Crippen LogP contribution in [-0.2, 0) is 34.9 Å². The molecule has 0 bridgehead atoms. The average molecular weight is 556 g/mol. The van der Waals surface area contributed by atoms with Crippen molar-refractivity contribution in [2.24, 2.45) is 0 Å². The summed E-state index contributed by atoms with van der Waals surface area (Å²) in [5, 5.41) is 4.00. The highest BCUT2D eigenvalue weighted by molar-refractivity contribution is 7.99. The maximum absolute atomic E-state index is 13.1. The Bertz CT molecular complexity index is 1370. The van der Waals surface area contributed by atoms with Gasteiger partial charge in [0.15, 0.2) is 11.0 Å². The average Bonchev–Trinajstić information content (AvgIpc) is 3.17. The van der Waals surface area contributed by atoms with Gasteiger partial charge in [-0.25, -0.2) is 18.4 Å². The van der Waals surface area contributed by atoms with Crippen LogP contribution in [0.4, 0.5) is 19.0 Å². The maximum Gasteiger partial charge on any atom is 0.398 e. The minimum atomic E-state index is -4.28. The Morgan fingerprint density at radius 1 is 1.14 bits per heavy atom. The molecule has 0 fully saturated rings. The highest BCUT2D eigenvalue weighted by Gasteiger charge is 2.29. The molecule has 1 aliphatic heterocycles. The van der Waals surface area contributed by atoms with Crippen molar-refractivity contribution in [1.82, 2.24) is 20.0 Å². The van der Waals surface area contributed by atoms with Gasteiger partial charge in [-0.3, -0.25) is 9.62 Å². The molecule has 0 saturated heterocycles. The van der Waals surface area contributed by atoms with Gasteiger partial charge in [0.2, 0.25) is 0 Å². The van der Waals surface area contributed by atoms with E-state index in [2.05, 4.69) is 24.7 Å². The Morgan fingerprint density at radius 3 is 2.46 bits per heavy atom. The number of sulfonamides is 1. The molecule has 200 valence electrons. The zero-order valence-electron chi connectivity index (χ0n) is 20.9. The molecule has 1 N–H and O–H groups in total. The topological polar surface area (TPSA) is 101 Å². The Morgan fingerprint density at radius 2 is 1.84 bits per heavy atom. The lowest BCUT2D eigenvalue weighted by atomic mass is 9.91. The number of thioether (sulfide) groups is 1. The second kappa shape index (κ2) is 10.3. The van der Waals surface area contributed by atoms with Crippen LogP contribution in [0, 0.1) is 6.92 Å². The van der Waals surface area contributed by atoms with Gasteiger partial charge in [0.25, 0.3) is 10.0 Å². The van der Waals surface area contributed by atoms with Crippen LogP contribution in [0.5, 0.6) is 0 Å². The zero-order chi connectivity index (χ0) is 27.0. The van der Waals surface area contributed by atoms with Crippen LogP contribution in [0.3, 0.4) is 0 Å². The molecule has 0 aliphatic carbocycles. The number of hydrogen-bond donors (Lipinski definition) is 1. The smallest absolute Gasteiger partial charge is 0.358 e. The van der Waals surface area contributed by atoms with Crippen LogP contribution in [0.15, 0.2) is 45.2 Å². The largest absolute Gasteiger partial charge is 0.398 e. The third kappa shape index (κ3) is 6.82. The summed E-state index contributed by atoms with van der Waals surface area (Å²) in [4.78, 5) is 10.3. The van der Waals surface area contributed by atoms with Gasteiger partial charge in [-0.1, -0.05) is 43.8 Å². The fourth-order valence-electron chi connectivity index (χ4n) is 4.11. The summed E-state index contributed by atoms with van der Waals surface area (Å²) in [5.41, 5.74) is 3.05. The van der Waals surface area contributed by atoms with Gasteiger partial charge in [-0.05, 0) is 36.6 Å². The summed E-state index contributed by atoms with van der Waals surface area (Å²) in [5.74, 6) is -0.257. The van der Waals surface area contributed by atoms with E-state index in [0.717, 1.165) is 29.7 Å². The summed E-state index contributed by atoms with van der Waals surface area (Å²) in [6, 6.07) is 5.08. The Labute approximate surface area is 218 Å². The highest BCUT2D eigenvalue weighted by Crippen LogP contribution is 2.31. The van der Waals surface area contributed by atoms with Crippen molar-refractivity contribution in [2.45, 2.75) is 68.8 Å². The molecule has 4 rings (SSSR count). The SMILES string of the molecule is Cc1c(NS(=O)(=O)c2ccc3c(c2)CN(Cc2cnc(SCC(F)(F)F)nc2)CC3)noc1C(C)(C)C. The third-order valence-corrected chi connectivity index (χ3v) is 8.15. The number of anilines is 1. The van der Waals surface area contributed by atoms with Crippen molar-refractivity contribution >= 4 is 27.6 Å². The molecule has 2 aromatic heterocycles. The van der Waals surface area contributed by atoms with E-state index in [-0.39, 0.29) is 21.3 Å². The van der Waals surface area contributed by atoms with Crippen LogP contribution in [-0.4, -0.2) is 46.9 Å². The van der Waals surface area contributed by atoms with Crippen LogP contribution < -0.4 is 4.72 Å². The van der Waals surface area contributed by atoms with Crippen molar-refractivity contribution < 1.29 is 26.1 Å². The second-order valence-electron chi connectivity index (χ2n) is 10.0. The van der Waals surface area contributed by atoms with Crippen LogP contribution in [0.1, 0.15) is 48.8 Å². The van der Waals surface area contributed by atoms with Crippen LogP contribution in [0.2, 0.25) is 0 Å². The number of alkyl halides is 3. The summed E-state index contributed by atoms with van der Waals surface area (Å²) in [6.07, 6.45) is -0.490. The lowest BCUT2D eigenvalue weighted by Crippen LogP contribution is -2.30. The Kier molecular flexibility index (Phi) is 7.59. The fraction of sp³-hybridized carbons (Fsp3) is 0.458. The lowest BCUT2D eigenvalue weighted by Gasteiger charge is -2.29. The number of benzene rings is 1. The van der Waals surface area contributed by atoms with Gasteiger partial charge in [-0.2, -0.15) is 13.2 Å². The Balaban J connectivity index is 1.44. The molecule has 0 amide bonds. The van der Waals surface area contributed by atoms with E-state index in [1.54, 1.807) is 19.1 Å². The van der Waals surface area contributed by atoms with Crippen LogP contribution in [0.25, 0.3) is 0 Å². The van der Waals surface area contributed by atoms with Gasteiger partial charge in [0.05, 0.1) is 10.6 Å². The van der Waals surface area contributed by atoms with Crippen molar-refractivity contribution in [3.8, 4) is 0 Å². The fourth-order valence-corrected chi connectivity index (χ4v) is 5.77. The standard InChI is InChI=1S/C24H28F3N5O3S2/c1-15-20(23(2,3)4)35-30-21(15)31-37(33,34)19-6-5-17-7-8-32(13-18(17)9-19)12-16-10-28-22(29-11-16)36-14-24(25,26)27/h5-6,9-11H,7-8,12-14H2,1-4H3,(H,30,31). The number of fused-ring (bicyclic) bond motifs is 1. The first-order valence-corrected chi connectivity index (χ1v) is 14.0. The minimum Gasteiger partial charge on any atom is -0.358 e. The number of rotatable bonds is 7. The molecule has 3 heterocycles. The first-order chi connectivity index (χ1) is 17.2. The molecule has 0 unspecified atom stereocenters. The molecule has 0 radical (unpaired) electrons. The van der Waals surface area contributed by atoms with E-state index in [1.807, 2.05) is 26.8 Å². The highest BCUT2D eigenvalue weighted by atomic mass is 32.2. The van der Waals surface area contributed by atoms with Gasteiger partial charge >= 0.3 is 6.18 Å². The number of hydrogen-bond acceptors (Lipinski definition) is 8. The molecule has 13 heteroatoms. The van der Waals surface area contributed by atoms with E-state index >= 15 is 0 Å². The van der Waals surface area contributed by atoms with Gasteiger partial charge in [0, 0.05) is 48.6 Å². The van der Waals surface area contributed by atoms with E-state index in [4.69, 9.17) is 4.52 Å². The van der Waals surface area contributed by atoms with Crippen molar-refractivity contribution in [1.29, 1.82) is 0 Å². The van der Waals surface area contributed by atoms with Gasteiger partial charge < -0.3 is 4.52 Å². The van der Waals surface area contributed by atoms with Crippen molar-refractivity contribution in [2.75, 3.05) is 17.0 Å². The monoisotopic (exact) mass is 555 g/mol. The number of nitrogens with zero attached hydrogens (tertiary/aromatic N) is 4. The molecule has 1 aliphatic rings. The summed E-state index contributed by atoms with van der Waals surface area (Å²) < 4.78 is 71.4. The van der Waals surface area contributed by atoms with Crippen molar-refractivity contribution in [3.05, 3.63) is 58.6 Å². The second-order valence-corrected chi connectivity index (χ2v) is 12.6. The minimum absolute atomic E-state index is 0.0735. The molecule has 37 heavy (non-hydrogen) atoms. The van der Waals surface area contributed by atoms with E-state index in [9.17, 15) is 21.6 Å². The molecule has 0 atom stereocenters. The molecule has 3 aromatic rings. The third-order valence-electron chi connectivity index (χ3n) is 5.87. The summed E-state index contributed by atoms with van der Waals surface area (Å²) in [6.45, 7) is 9.40. The molecule has 0 saturated carbocycles. The predicted molar refractivity (Wildman–Crippen MR) is 134 cm³/mol. The zero-order valence-corrected chi connectivity index (χ0v) is 22.5. The molecule has 1 aromatic carbocycles. The normalized spacial score (nSPS) is 15.0. The van der Waals surface area contributed by atoms with Gasteiger partial charge in [-0.15, -0.1) is 0 Å². The maximum atomic E-state index is 13.1.